The van der Waals surface area contributed by atoms with Crippen LogP contribution in [-0.2, 0) is 0 Å². The first-order chi connectivity index (χ1) is 6.99. The molecule has 0 saturated carbocycles. The molecule has 0 atom stereocenters. The summed E-state index contributed by atoms with van der Waals surface area (Å²) in [7, 11) is 0. The van der Waals surface area contributed by atoms with Gasteiger partial charge in [0.05, 0.1) is 12.2 Å². The summed E-state index contributed by atoms with van der Waals surface area (Å²) < 4.78 is 26.8. The van der Waals surface area contributed by atoms with Gasteiger partial charge in [-0.15, -0.1) is 0 Å². The van der Waals surface area contributed by atoms with Crippen LogP contribution in [0.5, 0.6) is 0 Å². The van der Waals surface area contributed by atoms with Crippen LogP contribution >= 0.6 is 22.6 Å². The van der Waals surface area contributed by atoms with Gasteiger partial charge >= 0.3 is 0 Å². The Balaban J connectivity index is 2.28. The van der Waals surface area contributed by atoms with Crippen LogP contribution in [0.4, 0.5) is 20.3 Å². The molecular weight excluding hydrogens is 315 g/mol. The zero-order chi connectivity index (χ0) is 11.1. The first-order valence-corrected chi connectivity index (χ1v) is 5.60. The van der Waals surface area contributed by atoms with E-state index in [4.69, 9.17) is 5.73 Å². The Morgan fingerprint density at radius 1 is 1.53 bits per heavy atom. The van der Waals surface area contributed by atoms with Gasteiger partial charge in [0.2, 0.25) is 0 Å². The van der Waals surface area contributed by atoms with Crippen LogP contribution in [0.25, 0.3) is 0 Å². The maximum atomic E-state index is 13.0. The zero-order valence-electron chi connectivity index (χ0n) is 7.88. The maximum absolute atomic E-state index is 13.0. The molecule has 0 aliphatic carbocycles. The lowest BCUT2D eigenvalue weighted by Gasteiger charge is -2.19. The van der Waals surface area contributed by atoms with E-state index in [0.29, 0.717) is 18.1 Å². The van der Waals surface area contributed by atoms with Crippen molar-refractivity contribution >= 4 is 34.1 Å². The normalized spacial score (nSPS) is 19.5. The minimum absolute atomic E-state index is 0.125. The second-order valence-electron chi connectivity index (χ2n) is 3.56. The van der Waals surface area contributed by atoms with Gasteiger partial charge in [0.15, 0.2) is 5.82 Å². The summed E-state index contributed by atoms with van der Waals surface area (Å²) in [6, 6.07) is 1.76. The third-order valence-corrected chi connectivity index (χ3v) is 3.33. The zero-order valence-corrected chi connectivity index (χ0v) is 10.0. The Morgan fingerprint density at radius 3 is 2.87 bits per heavy atom. The average molecular weight is 325 g/mol. The molecule has 0 aromatic carbocycles. The highest BCUT2D eigenvalue weighted by Crippen LogP contribution is 2.33. The van der Waals surface area contributed by atoms with Crippen molar-refractivity contribution in [2.45, 2.75) is 12.3 Å². The Hall–Kier alpha value is -0.660. The lowest BCUT2D eigenvalue weighted by atomic mass is 10.3. The predicted molar refractivity (Wildman–Crippen MR) is 63.1 cm³/mol. The molecule has 1 aliphatic rings. The number of nitrogen functional groups attached to an aromatic ring is 1. The third kappa shape index (κ3) is 2.14. The number of nitrogens with zero attached hydrogens (tertiary/aromatic N) is 2. The van der Waals surface area contributed by atoms with Gasteiger partial charge in [0.1, 0.15) is 0 Å². The van der Waals surface area contributed by atoms with Crippen LogP contribution in [-0.4, -0.2) is 24.0 Å². The van der Waals surface area contributed by atoms with E-state index in [9.17, 15) is 8.78 Å². The molecule has 3 nitrogen and oxygen atoms in total. The third-order valence-electron chi connectivity index (χ3n) is 2.39. The summed E-state index contributed by atoms with van der Waals surface area (Å²) in [5, 5.41) is 0. The van der Waals surface area contributed by atoms with Crippen molar-refractivity contribution in [2.75, 3.05) is 23.7 Å². The first kappa shape index (κ1) is 10.8. The number of pyridine rings is 1. The molecule has 15 heavy (non-hydrogen) atoms. The molecule has 1 fully saturated rings. The van der Waals surface area contributed by atoms with Gasteiger partial charge in [-0.25, -0.2) is 13.8 Å². The molecule has 1 aromatic heterocycles. The molecule has 6 heteroatoms. The number of hydrogen-bond acceptors (Lipinski definition) is 3. The highest BCUT2D eigenvalue weighted by molar-refractivity contribution is 14.1. The predicted octanol–water partition coefficient (Wildman–Crippen LogP) is 2.11. The van der Waals surface area contributed by atoms with Crippen LogP contribution in [0.2, 0.25) is 0 Å². The van der Waals surface area contributed by atoms with E-state index in [1.54, 1.807) is 12.3 Å². The van der Waals surface area contributed by atoms with Crippen molar-refractivity contribution in [3.63, 3.8) is 0 Å². The molecular formula is C9H10F2IN3. The maximum Gasteiger partial charge on any atom is 0.266 e. The van der Waals surface area contributed by atoms with E-state index < -0.39 is 5.92 Å². The van der Waals surface area contributed by atoms with Crippen LogP contribution in [0, 0.1) is 3.57 Å². The Bertz CT molecular complexity index is 384. The topological polar surface area (TPSA) is 42.1 Å². The highest BCUT2D eigenvalue weighted by atomic mass is 127. The summed E-state index contributed by atoms with van der Waals surface area (Å²) in [6.45, 7) is 0.0224. The molecule has 1 aliphatic heterocycles. The minimum Gasteiger partial charge on any atom is -0.395 e. The molecule has 0 unspecified atom stereocenters. The fraction of sp³-hybridized carbons (Fsp3) is 0.444. The van der Waals surface area contributed by atoms with Gasteiger partial charge in [-0.1, -0.05) is 0 Å². The van der Waals surface area contributed by atoms with Gasteiger partial charge in [0.25, 0.3) is 5.92 Å². The van der Waals surface area contributed by atoms with Gasteiger partial charge in [-0.05, 0) is 28.7 Å². The molecule has 0 amide bonds. The van der Waals surface area contributed by atoms with Crippen molar-refractivity contribution in [3.05, 3.63) is 15.8 Å². The molecule has 0 bridgehead atoms. The second-order valence-corrected chi connectivity index (χ2v) is 4.72. The summed E-state index contributed by atoms with van der Waals surface area (Å²) in [6.07, 6.45) is 1.46. The molecule has 82 valence electrons. The second kappa shape index (κ2) is 3.73. The minimum atomic E-state index is -2.62. The van der Waals surface area contributed by atoms with Crippen LogP contribution in [0.15, 0.2) is 12.3 Å². The van der Waals surface area contributed by atoms with Crippen LogP contribution in [0.1, 0.15) is 6.42 Å². The van der Waals surface area contributed by atoms with Crippen molar-refractivity contribution in [3.8, 4) is 0 Å². The first-order valence-electron chi connectivity index (χ1n) is 4.52. The summed E-state index contributed by atoms with van der Waals surface area (Å²) in [5.74, 6) is -2.14. The molecule has 2 heterocycles. The van der Waals surface area contributed by atoms with Gasteiger partial charge in [-0.2, -0.15) is 0 Å². The summed E-state index contributed by atoms with van der Waals surface area (Å²) >= 11 is 2.07. The number of rotatable bonds is 1. The quantitative estimate of drug-likeness (QED) is 0.804. The van der Waals surface area contributed by atoms with E-state index >= 15 is 0 Å². The van der Waals surface area contributed by atoms with E-state index in [2.05, 4.69) is 27.6 Å². The fourth-order valence-corrected chi connectivity index (χ4v) is 2.01. The summed E-state index contributed by atoms with van der Waals surface area (Å²) in [5.41, 5.74) is 6.28. The fourth-order valence-electron chi connectivity index (χ4n) is 1.61. The number of halogens is 3. The van der Waals surface area contributed by atoms with E-state index in [1.165, 1.54) is 4.90 Å². The monoisotopic (exact) mass is 325 g/mol. The number of alkyl halides is 2. The number of nitrogens with two attached hydrogens (primary N) is 1. The van der Waals surface area contributed by atoms with E-state index in [-0.39, 0.29) is 13.0 Å². The Morgan fingerprint density at radius 2 is 2.27 bits per heavy atom. The number of hydrogen-bond donors (Lipinski definition) is 1. The average Bonchev–Trinajstić information content (AvgIpc) is 2.51. The smallest absolute Gasteiger partial charge is 0.266 e. The van der Waals surface area contributed by atoms with E-state index in [1.807, 2.05) is 0 Å². The van der Waals surface area contributed by atoms with Crippen molar-refractivity contribution in [2.24, 2.45) is 0 Å². The highest BCUT2D eigenvalue weighted by Gasteiger charge is 2.39. The molecule has 0 spiro atoms. The Kier molecular flexibility index (Phi) is 2.70. The van der Waals surface area contributed by atoms with Crippen molar-refractivity contribution in [1.82, 2.24) is 4.98 Å². The molecule has 0 radical (unpaired) electrons. The molecule has 2 N–H and O–H groups in total. The lowest BCUT2D eigenvalue weighted by molar-refractivity contribution is 0.0257. The van der Waals surface area contributed by atoms with Gasteiger partial charge < -0.3 is 10.6 Å². The van der Waals surface area contributed by atoms with Gasteiger partial charge in [0, 0.05) is 22.7 Å². The number of anilines is 2. The van der Waals surface area contributed by atoms with Gasteiger partial charge in [-0.3, -0.25) is 0 Å². The van der Waals surface area contributed by atoms with Crippen LogP contribution < -0.4 is 10.6 Å². The Labute approximate surface area is 99.8 Å². The van der Waals surface area contributed by atoms with Crippen molar-refractivity contribution < 1.29 is 8.78 Å². The molecule has 1 saturated heterocycles. The largest absolute Gasteiger partial charge is 0.395 e. The van der Waals surface area contributed by atoms with Crippen molar-refractivity contribution in [1.29, 1.82) is 0 Å². The molecule has 2 rings (SSSR count). The molecule has 1 aromatic rings. The standard InChI is InChI=1S/C9H10F2IN3/c10-9(11)2-4-15(5-9)8-7(13)6(12)1-3-14-8/h1,3H,2,4-5,13H2. The lowest BCUT2D eigenvalue weighted by Crippen LogP contribution is -2.26. The van der Waals surface area contributed by atoms with Crippen LogP contribution in [0.3, 0.4) is 0 Å². The number of aromatic nitrogens is 1. The van der Waals surface area contributed by atoms with E-state index in [0.717, 1.165) is 3.57 Å². The summed E-state index contributed by atoms with van der Waals surface area (Å²) in [4.78, 5) is 5.59. The SMILES string of the molecule is Nc1c(I)ccnc1N1CCC(F)(F)C1.